The van der Waals surface area contributed by atoms with E-state index in [2.05, 4.69) is 46.4 Å². The van der Waals surface area contributed by atoms with Crippen LogP contribution in [0.4, 0.5) is 4.39 Å². The summed E-state index contributed by atoms with van der Waals surface area (Å²) < 4.78 is 18.5. The lowest BCUT2D eigenvalue weighted by atomic mass is 9.77. The van der Waals surface area contributed by atoms with E-state index in [0.29, 0.717) is 35.1 Å². The van der Waals surface area contributed by atoms with Gasteiger partial charge in [0.1, 0.15) is 11.6 Å². The van der Waals surface area contributed by atoms with Crippen LogP contribution in [0.2, 0.25) is 5.02 Å². The Morgan fingerprint density at radius 3 is 2.26 bits per heavy atom. The van der Waals surface area contributed by atoms with E-state index in [0.717, 1.165) is 42.4 Å². The van der Waals surface area contributed by atoms with Crippen LogP contribution in [0.15, 0.2) is 60.7 Å². The molecule has 6 heteroatoms. The quantitative estimate of drug-likeness (QED) is 0.303. The molecule has 0 unspecified atom stereocenters. The number of aromatic nitrogens is 2. The van der Waals surface area contributed by atoms with Crippen LogP contribution in [0.25, 0.3) is 33.5 Å². The zero-order chi connectivity index (χ0) is 23.7. The molecule has 1 aliphatic rings. The number of hydrogen-bond acceptors (Lipinski definition) is 3. The van der Waals surface area contributed by atoms with Crippen LogP contribution in [0.1, 0.15) is 43.6 Å². The van der Waals surface area contributed by atoms with E-state index >= 15 is 0 Å². The molecule has 1 saturated carbocycles. The number of methoxy groups -OCH3 is 1. The third-order valence-corrected chi connectivity index (χ3v) is 7.22. The van der Waals surface area contributed by atoms with Gasteiger partial charge in [0.2, 0.25) is 0 Å². The van der Waals surface area contributed by atoms with Gasteiger partial charge < -0.3 is 9.72 Å². The summed E-state index contributed by atoms with van der Waals surface area (Å²) in [5.41, 5.74) is 5.84. The van der Waals surface area contributed by atoms with Crippen molar-refractivity contribution in [3.8, 4) is 22.5 Å². The summed E-state index contributed by atoms with van der Waals surface area (Å²) in [4.78, 5) is 19.2. The summed E-state index contributed by atoms with van der Waals surface area (Å²) >= 11 is 5.88. The normalized spacial score (nSPS) is 18.2. The van der Waals surface area contributed by atoms with Gasteiger partial charge in [-0.1, -0.05) is 60.1 Å². The predicted molar refractivity (Wildman–Crippen MR) is 133 cm³/mol. The Hall–Kier alpha value is -3.18. The summed E-state index contributed by atoms with van der Waals surface area (Å²) in [6.45, 7) is 0. The molecular formula is C28H26ClFN2O2. The van der Waals surface area contributed by atoms with Crippen LogP contribution in [0, 0.1) is 11.7 Å². The minimum atomic E-state index is -0.461. The van der Waals surface area contributed by atoms with Crippen LogP contribution in [-0.2, 0) is 9.53 Å². The SMILES string of the molecule is COC(=O)CC1CCC(c2ccc(-c3ccc(-c4nc5cc(Cl)c(F)cc5[nH]4)cc3)cc2)CC1. The average molecular weight is 477 g/mol. The molecule has 0 atom stereocenters. The van der Waals surface area contributed by atoms with Crippen molar-refractivity contribution in [2.24, 2.45) is 5.92 Å². The van der Waals surface area contributed by atoms with E-state index in [1.165, 1.54) is 24.8 Å². The Labute approximate surface area is 203 Å². The highest BCUT2D eigenvalue weighted by Gasteiger charge is 2.24. The van der Waals surface area contributed by atoms with Crippen LogP contribution < -0.4 is 0 Å². The number of ether oxygens (including phenoxy) is 1. The lowest BCUT2D eigenvalue weighted by Gasteiger charge is -2.28. The zero-order valence-corrected chi connectivity index (χ0v) is 19.7. The van der Waals surface area contributed by atoms with Gasteiger partial charge in [-0.15, -0.1) is 0 Å². The second kappa shape index (κ2) is 9.59. The Balaban J connectivity index is 1.26. The van der Waals surface area contributed by atoms with Crippen LogP contribution in [-0.4, -0.2) is 23.0 Å². The molecule has 4 aromatic rings. The first kappa shape index (κ1) is 22.6. The average Bonchev–Trinajstić information content (AvgIpc) is 3.27. The molecule has 0 radical (unpaired) electrons. The maximum Gasteiger partial charge on any atom is 0.305 e. The Bertz CT molecular complexity index is 1270. The molecule has 4 nitrogen and oxygen atoms in total. The highest BCUT2D eigenvalue weighted by atomic mass is 35.5. The Morgan fingerprint density at radius 2 is 1.62 bits per heavy atom. The van der Waals surface area contributed by atoms with Crippen molar-refractivity contribution in [3.63, 3.8) is 0 Å². The van der Waals surface area contributed by atoms with Crippen molar-refractivity contribution >= 4 is 28.6 Å². The Morgan fingerprint density at radius 1 is 1.00 bits per heavy atom. The number of imidazole rings is 1. The first-order valence-electron chi connectivity index (χ1n) is 11.6. The fourth-order valence-corrected chi connectivity index (χ4v) is 5.09. The third-order valence-electron chi connectivity index (χ3n) is 6.93. The minimum absolute atomic E-state index is 0.0681. The number of halogens is 2. The van der Waals surface area contributed by atoms with Crippen molar-refractivity contribution in [2.45, 2.75) is 38.0 Å². The number of benzene rings is 3. The van der Waals surface area contributed by atoms with Gasteiger partial charge in [0, 0.05) is 18.1 Å². The first-order chi connectivity index (χ1) is 16.5. The largest absolute Gasteiger partial charge is 0.469 e. The fraction of sp³-hybridized carbons (Fsp3) is 0.286. The highest BCUT2D eigenvalue weighted by Crippen LogP contribution is 2.38. The summed E-state index contributed by atoms with van der Waals surface area (Å²) in [6, 6.07) is 19.9. The van der Waals surface area contributed by atoms with Gasteiger partial charge >= 0.3 is 5.97 Å². The van der Waals surface area contributed by atoms with Gasteiger partial charge in [-0.05, 0) is 60.3 Å². The number of rotatable bonds is 5. The molecule has 0 saturated heterocycles. The molecule has 1 N–H and O–H groups in total. The Kier molecular flexibility index (Phi) is 6.38. The van der Waals surface area contributed by atoms with E-state index in [1.54, 1.807) is 0 Å². The van der Waals surface area contributed by atoms with Crippen LogP contribution in [0.5, 0.6) is 0 Å². The molecule has 3 aromatic carbocycles. The van der Waals surface area contributed by atoms with Crippen LogP contribution in [0.3, 0.4) is 0 Å². The maximum atomic E-state index is 13.7. The van der Waals surface area contributed by atoms with E-state index in [4.69, 9.17) is 16.3 Å². The van der Waals surface area contributed by atoms with Gasteiger partial charge in [-0.2, -0.15) is 0 Å². The molecule has 174 valence electrons. The zero-order valence-electron chi connectivity index (χ0n) is 19.0. The minimum Gasteiger partial charge on any atom is -0.469 e. The van der Waals surface area contributed by atoms with E-state index in [-0.39, 0.29) is 11.0 Å². The van der Waals surface area contributed by atoms with Crippen molar-refractivity contribution in [1.29, 1.82) is 0 Å². The summed E-state index contributed by atoms with van der Waals surface area (Å²) in [5, 5.41) is 0.0681. The second-order valence-corrected chi connectivity index (χ2v) is 9.47. The summed E-state index contributed by atoms with van der Waals surface area (Å²) in [5.74, 6) is 1.12. The number of nitrogens with zero attached hydrogens (tertiary/aromatic N) is 1. The van der Waals surface area contributed by atoms with Gasteiger partial charge in [0.25, 0.3) is 0 Å². The molecule has 1 aromatic heterocycles. The lowest BCUT2D eigenvalue weighted by Crippen LogP contribution is -2.17. The number of carbonyl (C=O) groups excluding carboxylic acids is 1. The smallest absolute Gasteiger partial charge is 0.305 e. The topological polar surface area (TPSA) is 55.0 Å². The molecule has 5 rings (SSSR count). The number of nitrogens with one attached hydrogen (secondary N) is 1. The summed E-state index contributed by atoms with van der Waals surface area (Å²) in [7, 11) is 1.46. The van der Waals surface area contributed by atoms with Gasteiger partial charge in [0.05, 0.1) is 23.2 Å². The van der Waals surface area contributed by atoms with Crippen molar-refractivity contribution in [1.82, 2.24) is 9.97 Å². The number of H-pyrrole nitrogens is 1. The van der Waals surface area contributed by atoms with Crippen molar-refractivity contribution in [3.05, 3.63) is 77.1 Å². The second-order valence-electron chi connectivity index (χ2n) is 9.07. The van der Waals surface area contributed by atoms with Crippen molar-refractivity contribution < 1.29 is 13.9 Å². The first-order valence-corrected chi connectivity index (χ1v) is 12.0. The standard InChI is InChI=1S/C28H26ClFN2O2/c1-34-27(33)14-17-2-4-18(5-3-17)19-6-8-20(9-7-19)21-10-12-22(13-11-21)28-31-25-15-23(29)24(30)16-26(25)32-28/h6-13,15-18H,2-5,14H2,1H3,(H,31,32). The van der Waals surface area contributed by atoms with E-state index < -0.39 is 5.82 Å². The van der Waals surface area contributed by atoms with Gasteiger partial charge in [-0.25, -0.2) is 9.37 Å². The van der Waals surface area contributed by atoms with Crippen molar-refractivity contribution in [2.75, 3.05) is 7.11 Å². The number of aromatic amines is 1. The monoisotopic (exact) mass is 476 g/mol. The molecule has 34 heavy (non-hydrogen) atoms. The highest BCUT2D eigenvalue weighted by molar-refractivity contribution is 6.31. The maximum absolute atomic E-state index is 13.7. The molecular weight excluding hydrogens is 451 g/mol. The van der Waals surface area contributed by atoms with Gasteiger partial charge in [0.15, 0.2) is 0 Å². The van der Waals surface area contributed by atoms with Crippen LogP contribution >= 0.6 is 11.6 Å². The molecule has 0 bridgehead atoms. The predicted octanol–water partition coefficient (Wildman–Crippen LogP) is 7.53. The number of hydrogen-bond donors (Lipinski definition) is 1. The molecule has 1 heterocycles. The van der Waals surface area contributed by atoms with Gasteiger partial charge in [-0.3, -0.25) is 4.79 Å². The molecule has 1 fully saturated rings. The van der Waals surface area contributed by atoms with E-state index in [1.807, 2.05) is 12.1 Å². The molecule has 1 aliphatic carbocycles. The number of esters is 1. The molecule has 0 spiro atoms. The number of carbonyl (C=O) groups is 1. The molecule has 0 aliphatic heterocycles. The van der Waals surface area contributed by atoms with E-state index in [9.17, 15) is 9.18 Å². The fourth-order valence-electron chi connectivity index (χ4n) is 4.93. The number of fused-ring (bicyclic) bond motifs is 1. The third kappa shape index (κ3) is 4.71. The lowest BCUT2D eigenvalue weighted by molar-refractivity contribution is -0.142. The summed E-state index contributed by atoms with van der Waals surface area (Å²) in [6.07, 6.45) is 4.91. The molecule has 0 amide bonds.